The molecule has 2 aromatic rings. The first-order valence-electron chi connectivity index (χ1n) is 10.1. The molecule has 0 saturated carbocycles. The maximum absolute atomic E-state index is 13.0. The number of hydrogen-bond acceptors (Lipinski definition) is 8. The molecule has 1 aliphatic heterocycles. The molecule has 1 saturated heterocycles. The maximum atomic E-state index is 13.0. The van der Waals surface area contributed by atoms with Crippen LogP contribution in [0.1, 0.15) is 0 Å². The highest BCUT2D eigenvalue weighted by atomic mass is 32.2. The summed E-state index contributed by atoms with van der Waals surface area (Å²) in [6, 6.07) is 6.64. The zero-order valence-corrected chi connectivity index (χ0v) is 19.5. The van der Waals surface area contributed by atoms with Gasteiger partial charge in [-0.05, 0) is 12.1 Å². The van der Waals surface area contributed by atoms with E-state index in [9.17, 15) is 13.2 Å². The van der Waals surface area contributed by atoms with Crippen LogP contribution in [0.3, 0.4) is 0 Å². The number of methoxy groups -OCH3 is 1. The Morgan fingerprint density at radius 1 is 1.34 bits per heavy atom. The summed E-state index contributed by atoms with van der Waals surface area (Å²) in [6.45, 7) is 6.49. The Bertz CT molecular complexity index is 1030. The van der Waals surface area contributed by atoms with Gasteiger partial charge in [-0.1, -0.05) is 30.0 Å². The summed E-state index contributed by atoms with van der Waals surface area (Å²) < 4.78 is 39.5. The van der Waals surface area contributed by atoms with Gasteiger partial charge in [0.1, 0.15) is 0 Å². The predicted molar refractivity (Wildman–Crippen MR) is 121 cm³/mol. The number of aromatic nitrogens is 3. The van der Waals surface area contributed by atoms with Crippen molar-refractivity contribution in [3.63, 3.8) is 0 Å². The largest absolute Gasteiger partial charge is 0.383 e. The van der Waals surface area contributed by atoms with Gasteiger partial charge in [0, 0.05) is 38.9 Å². The Morgan fingerprint density at radius 2 is 2.12 bits per heavy atom. The Labute approximate surface area is 192 Å². The molecular weight excluding hydrogens is 454 g/mol. The Morgan fingerprint density at radius 3 is 2.84 bits per heavy atom. The van der Waals surface area contributed by atoms with E-state index in [1.165, 1.54) is 16.1 Å². The number of rotatable bonds is 11. The summed E-state index contributed by atoms with van der Waals surface area (Å²) in [5.74, 6) is 0.538. The van der Waals surface area contributed by atoms with Crippen molar-refractivity contribution in [2.45, 2.75) is 16.6 Å². The van der Waals surface area contributed by atoms with Crippen LogP contribution in [0.4, 0.5) is 0 Å². The van der Waals surface area contributed by atoms with Crippen LogP contribution in [0.5, 0.6) is 0 Å². The number of allylic oxidation sites excluding steroid dienone is 1. The van der Waals surface area contributed by atoms with E-state index in [1.54, 1.807) is 42.0 Å². The molecule has 1 N–H and O–H groups in total. The lowest BCUT2D eigenvalue weighted by atomic mass is 10.2. The molecule has 1 amide bonds. The summed E-state index contributed by atoms with van der Waals surface area (Å²) >= 11 is 1.25. The first-order chi connectivity index (χ1) is 15.5. The second-order valence-electron chi connectivity index (χ2n) is 6.88. The molecule has 0 aliphatic carbocycles. The normalized spacial score (nSPS) is 14.9. The average Bonchev–Trinajstić information content (AvgIpc) is 3.21. The van der Waals surface area contributed by atoms with Crippen LogP contribution in [0.2, 0.25) is 0 Å². The molecule has 3 rings (SSSR count). The third-order valence-electron chi connectivity index (χ3n) is 4.69. The van der Waals surface area contributed by atoms with Crippen LogP contribution in [-0.2, 0) is 30.8 Å². The Balaban J connectivity index is 1.81. The first kappa shape index (κ1) is 24.4. The minimum absolute atomic E-state index is 0.139. The second-order valence-corrected chi connectivity index (χ2v) is 9.76. The molecule has 1 fully saturated rings. The number of amides is 1. The molecule has 1 aliphatic rings. The number of carbonyl (C=O) groups is 1. The molecule has 174 valence electrons. The van der Waals surface area contributed by atoms with Gasteiger partial charge in [-0.2, -0.15) is 4.31 Å². The second kappa shape index (κ2) is 11.6. The van der Waals surface area contributed by atoms with Crippen molar-refractivity contribution in [3.05, 3.63) is 36.9 Å². The van der Waals surface area contributed by atoms with Gasteiger partial charge in [-0.25, -0.2) is 8.42 Å². The van der Waals surface area contributed by atoms with E-state index in [1.807, 2.05) is 0 Å². The fraction of sp³-hybridized carbons (Fsp3) is 0.450. The van der Waals surface area contributed by atoms with Crippen LogP contribution < -0.4 is 5.32 Å². The molecule has 0 radical (unpaired) electrons. The van der Waals surface area contributed by atoms with Crippen molar-refractivity contribution in [3.8, 4) is 11.4 Å². The molecule has 0 spiro atoms. The molecule has 1 aromatic carbocycles. The summed E-state index contributed by atoms with van der Waals surface area (Å²) in [5.41, 5.74) is 0.616. The molecule has 32 heavy (non-hydrogen) atoms. The number of ether oxygens (including phenoxy) is 2. The van der Waals surface area contributed by atoms with Gasteiger partial charge in [-0.3, -0.25) is 9.36 Å². The zero-order chi connectivity index (χ0) is 23.0. The van der Waals surface area contributed by atoms with Crippen LogP contribution in [0, 0.1) is 0 Å². The van der Waals surface area contributed by atoms with Gasteiger partial charge >= 0.3 is 0 Å². The van der Waals surface area contributed by atoms with Gasteiger partial charge in [0.2, 0.25) is 15.9 Å². The van der Waals surface area contributed by atoms with Crippen LogP contribution in [-0.4, -0.2) is 85.7 Å². The van der Waals surface area contributed by atoms with E-state index in [0.717, 1.165) is 0 Å². The monoisotopic (exact) mass is 481 g/mol. The SMILES string of the molecule is C=CCn1c(SCC(=O)NCCOC)nnc1-c1cccc(S(=O)(=O)N2CCOCC2)c1. The number of hydrogen-bond donors (Lipinski definition) is 1. The molecule has 0 atom stereocenters. The number of thioether (sulfide) groups is 1. The van der Waals surface area contributed by atoms with Crippen LogP contribution in [0.15, 0.2) is 47.0 Å². The van der Waals surface area contributed by atoms with Gasteiger partial charge in [0.25, 0.3) is 0 Å². The van der Waals surface area contributed by atoms with Crippen molar-refractivity contribution < 1.29 is 22.7 Å². The molecular formula is C20H27N5O5S2. The lowest BCUT2D eigenvalue weighted by Crippen LogP contribution is -2.40. The van der Waals surface area contributed by atoms with E-state index in [2.05, 4.69) is 22.1 Å². The van der Waals surface area contributed by atoms with Gasteiger partial charge in [-0.15, -0.1) is 16.8 Å². The number of benzene rings is 1. The number of morpholine rings is 1. The third-order valence-corrected chi connectivity index (χ3v) is 7.55. The smallest absolute Gasteiger partial charge is 0.243 e. The molecule has 0 unspecified atom stereocenters. The van der Waals surface area contributed by atoms with E-state index in [0.29, 0.717) is 62.5 Å². The third kappa shape index (κ3) is 5.95. The van der Waals surface area contributed by atoms with Crippen LogP contribution >= 0.6 is 11.8 Å². The first-order valence-corrected chi connectivity index (χ1v) is 12.5. The number of nitrogens with one attached hydrogen (secondary N) is 1. The standard InChI is InChI=1S/C20H27N5O5S2/c1-3-8-25-19(22-23-20(25)31-15-18(26)21-7-11-29-2)16-5-4-6-17(14-16)32(27,28)24-9-12-30-13-10-24/h3-6,14H,1,7-13,15H2,2H3,(H,21,26). The highest BCUT2D eigenvalue weighted by Crippen LogP contribution is 2.27. The summed E-state index contributed by atoms with van der Waals surface area (Å²) in [5, 5.41) is 11.8. The maximum Gasteiger partial charge on any atom is 0.243 e. The fourth-order valence-electron chi connectivity index (χ4n) is 3.11. The lowest BCUT2D eigenvalue weighted by molar-refractivity contribution is -0.118. The van der Waals surface area contributed by atoms with E-state index in [-0.39, 0.29) is 16.6 Å². The molecule has 12 heteroatoms. The van der Waals surface area contributed by atoms with Crippen molar-refractivity contribution in [2.75, 3.05) is 52.3 Å². The Hall–Kier alpha value is -2.25. The van der Waals surface area contributed by atoms with Crippen molar-refractivity contribution >= 4 is 27.7 Å². The van der Waals surface area contributed by atoms with Crippen LogP contribution in [0.25, 0.3) is 11.4 Å². The highest BCUT2D eigenvalue weighted by molar-refractivity contribution is 7.99. The topological polar surface area (TPSA) is 116 Å². The van der Waals surface area contributed by atoms with Crippen molar-refractivity contribution in [2.24, 2.45) is 0 Å². The van der Waals surface area contributed by atoms with E-state index in [4.69, 9.17) is 9.47 Å². The Kier molecular flexibility index (Phi) is 8.82. The average molecular weight is 482 g/mol. The zero-order valence-electron chi connectivity index (χ0n) is 17.9. The lowest BCUT2D eigenvalue weighted by Gasteiger charge is -2.26. The number of carbonyl (C=O) groups excluding carboxylic acids is 1. The summed E-state index contributed by atoms with van der Waals surface area (Å²) in [4.78, 5) is 12.2. The van der Waals surface area contributed by atoms with E-state index < -0.39 is 10.0 Å². The fourth-order valence-corrected chi connectivity index (χ4v) is 5.34. The highest BCUT2D eigenvalue weighted by Gasteiger charge is 2.27. The molecule has 10 nitrogen and oxygen atoms in total. The van der Waals surface area contributed by atoms with Crippen molar-refractivity contribution in [1.29, 1.82) is 0 Å². The quantitative estimate of drug-likeness (QED) is 0.287. The summed E-state index contributed by atoms with van der Waals surface area (Å²) in [7, 11) is -2.07. The van der Waals surface area contributed by atoms with Gasteiger partial charge in [0.05, 0.1) is 30.5 Å². The van der Waals surface area contributed by atoms with E-state index >= 15 is 0 Å². The minimum atomic E-state index is -3.64. The minimum Gasteiger partial charge on any atom is -0.383 e. The predicted octanol–water partition coefficient (Wildman–Crippen LogP) is 1.01. The van der Waals surface area contributed by atoms with Gasteiger partial charge < -0.3 is 14.8 Å². The number of sulfonamides is 1. The number of nitrogens with zero attached hydrogens (tertiary/aromatic N) is 4. The van der Waals surface area contributed by atoms with Gasteiger partial charge in [0.15, 0.2) is 11.0 Å². The molecule has 1 aromatic heterocycles. The van der Waals surface area contributed by atoms with Crippen molar-refractivity contribution in [1.82, 2.24) is 24.4 Å². The molecule has 2 heterocycles. The molecule has 0 bridgehead atoms. The summed E-state index contributed by atoms with van der Waals surface area (Å²) in [6.07, 6.45) is 1.70.